The average molecular weight is 161 g/mol. The topological polar surface area (TPSA) is 60.2 Å². The highest BCUT2D eigenvalue weighted by Crippen LogP contribution is 1.99. The normalized spacial score (nSPS) is 12.6. The van der Waals surface area contributed by atoms with Gasteiger partial charge in [0.05, 0.1) is 6.42 Å². The predicted molar refractivity (Wildman–Crippen MR) is 38.6 cm³/mol. The van der Waals surface area contributed by atoms with Gasteiger partial charge in [-0.15, -0.1) is 0 Å². The van der Waals surface area contributed by atoms with Crippen molar-refractivity contribution in [3.8, 4) is 0 Å². The van der Waals surface area contributed by atoms with Crippen molar-refractivity contribution in [1.29, 1.82) is 0 Å². The molecule has 64 valence electrons. The predicted octanol–water partition coefficient (Wildman–Crippen LogP) is 0.569. The SMILES string of the molecule is CC(=O)CC(=O)CCC(N)F. The molecule has 0 heterocycles. The van der Waals surface area contributed by atoms with Gasteiger partial charge in [0.15, 0.2) is 0 Å². The maximum Gasteiger partial charge on any atom is 0.149 e. The Morgan fingerprint density at radius 3 is 2.45 bits per heavy atom. The Morgan fingerprint density at radius 2 is 2.09 bits per heavy atom. The number of Topliss-reactive ketones (excluding diaryl/α,β-unsaturated/α-hetero) is 2. The van der Waals surface area contributed by atoms with Crippen LogP contribution in [-0.2, 0) is 9.59 Å². The first-order chi connectivity index (χ1) is 5.02. The van der Waals surface area contributed by atoms with Crippen LogP contribution >= 0.6 is 0 Å². The van der Waals surface area contributed by atoms with Crippen LogP contribution in [0.5, 0.6) is 0 Å². The summed E-state index contributed by atoms with van der Waals surface area (Å²) in [7, 11) is 0. The molecule has 0 aliphatic rings. The summed E-state index contributed by atoms with van der Waals surface area (Å²) < 4.78 is 11.9. The first-order valence-electron chi connectivity index (χ1n) is 3.43. The lowest BCUT2D eigenvalue weighted by molar-refractivity contribution is -0.126. The van der Waals surface area contributed by atoms with Crippen molar-refractivity contribution in [1.82, 2.24) is 0 Å². The van der Waals surface area contributed by atoms with Gasteiger partial charge >= 0.3 is 0 Å². The van der Waals surface area contributed by atoms with Crippen LogP contribution < -0.4 is 5.73 Å². The van der Waals surface area contributed by atoms with E-state index in [1.165, 1.54) is 6.92 Å². The molecule has 0 aliphatic heterocycles. The third-order valence-corrected chi connectivity index (χ3v) is 1.15. The molecule has 0 fully saturated rings. The van der Waals surface area contributed by atoms with E-state index < -0.39 is 6.30 Å². The largest absolute Gasteiger partial charge is 0.302 e. The number of rotatable bonds is 5. The summed E-state index contributed by atoms with van der Waals surface area (Å²) in [5, 5.41) is 0. The summed E-state index contributed by atoms with van der Waals surface area (Å²) in [6.45, 7) is 1.33. The second kappa shape index (κ2) is 4.96. The second-order valence-electron chi connectivity index (χ2n) is 2.47. The van der Waals surface area contributed by atoms with Crippen molar-refractivity contribution in [3.05, 3.63) is 0 Å². The molecule has 11 heavy (non-hydrogen) atoms. The molecular weight excluding hydrogens is 149 g/mol. The van der Waals surface area contributed by atoms with E-state index in [1.54, 1.807) is 0 Å². The van der Waals surface area contributed by atoms with Crippen molar-refractivity contribution < 1.29 is 14.0 Å². The van der Waals surface area contributed by atoms with Gasteiger partial charge in [0.2, 0.25) is 0 Å². The van der Waals surface area contributed by atoms with Crippen LogP contribution in [0.25, 0.3) is 0 Å². The van der Waals surface area contributed by atoms with Gasteiger partial charge < -0.3 is 5.73 Å². The van der Waals surface area contributed by atoms with Crippen molar-refractivity contribution >= 4 is 11.6 Å². The van der Waals surface area contributed by atoms with Gasteiger partial charge in [-0.1, -0.05) is 0 Å². The molecule has 0 aromatic carbocycles. The average Bonchev–Trinajstić information content (AvgIpc) is 1.82. The summed E-state index contributed by atoms with van der Waals surface area (Å²) >= 11 is 0. The quantitative estimate of drug-likeness (QED) is 0.473. The molecule has 3 nitrogen and oxygen atoms in total. The Hall–Kier alpha value is -0.770. The number of hydrogen-bond acceptors (Lipinski definition) is 3. The summed E-state index contributed by atoms with van der Waals surface area (Å²) in [5.41, 5.74) is 4.77. The zero-order chi connectivity index (χ0) is 8.85. The molecule has 0 saturated heterocycles. The summed E-state index contributed by atoms with van der Waals surface area (Å²) in [5.74, 6) is -0.437. The molecule has 0 amide bonds. The molecular formula is C7H12FNO2. The van der Waals surface area contributed by atoms with Gasteiger partial charge in [-0.05, 0) is 13.3 Å². The lowest BCUT2D eigenvalue weighted by Crippen LogP contribution is -2.15. The molecule has 0 bridgehead atoms. The van der Waals surface area contributed by atoms with E-state index in [1.807, 2.05) is 0 Å². The van der Waals surface area contributed by atoms with Crippen LogP contribution in [0.15, 0.2) is 0 Å². The Labute approximate surface area is 64.8 Å². The Morgan fingerprint density at radius 1 is 1.55 bits per heavy atom. The zero-order valence-electron chi connectivity index (χ0n) is 6.47. The van der Waals surface area contributed by atoms with Crippen molar-refractivity contribution in [2.24, 2.45) is 5.73 Å². The van der Waals surface area contributed by atoms with Crippen LogP contribution in [0, 0.1) is 0 Å². The van der Waals surface area contributed by atoms with Crippen LogP contribution in [0.2, 0.25) is 0 Å². The minimum atomic E-state index is -1.45. The van der Waals surface area contributed by atoms with Crippen LogP contribution in [0.4, 0.5) is 4.39 Å². The Bertz CT molecular complexity index is 157. The van der Waals surface area contributed by atoms with E-state index in [4.69, 9.17) is 5.73 Å². The fourth-order valence-electron chi connectivity index (χ4n) is 0.665. The summed E-state index contributed by atoms with van der Waals surface area (Å²) in [6.07, 6.45) is -1.50. The molecule has 4 heteroatoms. The molecule has 0 aliphatic carbocycles. The Kier molecular flexibility index (Phi) is 4.61. The van der Waals surface area contributed by atoms with Crippen LogP contribution in [-0.4, -0.2) is 17.9 Å². The van der Waals surface area contributed by atoms with E-state index in [0.717, 1.165) is 0 Å². The van der Waals surface area contributed by atoms with Crippen LogP contribution in [0.3, 0.4) is 0 Å². The van der Waals surface area contributed by atoms with Gasteiger partial charge in [0, 0.05) is 6.42 Å². The highest BCUT2D eigenvalue weighted by Gasteiger charge is 2.07. The molecule has 0 saturated carbocycles. The fourth-order valence-corrected chi connectivity index (χ4v) is 0.665. The summed E-state index contributed by atoms with van der Waals surface area (Å²) in [6, 6.07) is 0. The molecule has 0 aromatic rings. The highest BCUT2D eigenvalue weighted by molar-refractivity contribution is 5.97. The smallest absolute Gasteiger partial charge is 0.149 e. The van der Waals surface area contributed by atoms with Crippen LogP contribution in [0.1, 0.15) is 26.2 Å². The summed E-state index contributed by atoms with van der Waals surface area (Å²) in [4.78, 5) is 21.1. The van der Waals surface area contributed by atoms with Gasteiger partial charge in [-0.2, -0.15) is 0 Å². The molecule has 0 rings (SSSR count). The third kappa shape index (κ3) is 7.12. The van der Waals surface area contributed by atoms with Gasteiger partial charge in [-0.3, -0.25) is 9.59 Å². The number of ketones is 2. The molecule has 0 radical (unpaired) electrons. The van der Waals surface area contributed by atoms with Crippen molar-refractivity contribution in [2.75, 3.05) is 0 Å². The first kappa shape index (κ1) is 10.2. The Balaban J connectivity index is 3.46. The molecule has 1 unspecified atom stereocenters. The number of carbonyl (C=O) groups excluding carboxylic acids is 2. The highest BCUT2D eigenvalue weighted by atomic mass is 19.1. The number of halogens is 1. The van der Waals surface area contributed by atoms with Crippen molar-refractivity contribution in [2.45, 2.75) is 32.5 Å². The first-order valence-corrected chi connectivity index (χ1v) is 3.43. The third-order valence-electron chi connectivity index (χ3n) is 1.15. The molecule has 2 N–H and O–H groups in total. The van der Waals surface area contributed by atoms with Gasteiger partial charge in [0.25, 0.3) is 0 Å². The maximum absolute atomic E-state index is 11.9. The van der Waals surface area contributed by atoms with E-state index >= 15 is 0 Å². The van der Waals surface area contributed by atoms with Crippen molar-refractivity contribution in [3.63, 3.8) is 0 Å². The van der Waals surface area contributed by atoms with Gasteiger partial charge in [-0.25, -0.2) is 4.39 Å². The standard InChI is InChI=1S/C7H12FNO2/c1-5(10)4-6(11)2-3-7(8)9/h7H,2-4,9H2,1H3. The molecule has 0 aromatic heterocycles. The molecule has 0 spiro atoms. The lowest BCUT2D eigenvalue weighted by Gasteiger charge is -1.98. The second-order valence-corrected chi connectivity index (χ2v) is 2.47. The molecule has 1 atom stereocenters. The van der Waals surface area contributed by atoms with E-state index in [-0.39, 0.29) is 30.8 Å². The number of nitrogens with two attached hydrogens (primary N) is 1. The minimum absolute atomic E-state index is 0.00606. The maximum atomic E-state index is 11.9. The minimum Gasteiger partial charge on any atom is -0.302 e. The fraction of sp³-hybridized carbons (Fsp3) is 0.714. The number of carbonyl (C=O) groups is 2. The number of alkyl halides is 1. The van der Waals surface area contributed by atoms with E-state index in [2.05, 4.69) is 0 Å². The monoisotopic (exact) mass is 161 g/mol. The zero-order valence-corrected chi connectivity index (χ0v) is 6.47. The van der Waals surface area contributed by atoms with E-state index in [9.17, 15) is 14.0 Å². The van der Waals surface area contributed by atoms with E-state index in [0.29, 0.717) is 0 Å². The van der Waals surface area contributed by atoms with Gasteiger partial charge in [0.1, 0.15) is 17.9 Å². The lowest BCUT2D eigenvalue weighted by atomic mass is 10.1. The number of hydrogen-bond donors (Lipinski definition) is 1.